The molecule has 0 radical (unpaired) electrons. The Bertz CT molecular complexity index is 494. The summed E-state index contributed by atoms with van der Waals surface area (Å²) in [6.07, 6.45) is 1.42. The lowest BCUT2D eigenvalue weighted by molar-refractivity contribution is 0.464. The number of halogens is 2. The van der Waals surface area contributed by atoms with Crippen LogP contribution in [0.5, 0.6) is 0 Å². The van der Waals surface area contributed by atoms with Gasteiger partial charge in [-0.15, -0.1) is 0 Å². The molecule has 2 rings (SSSR count). The highest BCUT2D eigenvalue weighted by atomic mass is 19.1. The Labute approximate surface area is 91.7 Å². The molecule has 0 fully saturated rings. The van der Waals surface area contributed by atoms with Crippen LogP contribution < -0.4 is 5.73 Å². The lowest BCUT2D eigenvalue weighted by Crippen LogP contribution is -2.15. The second-order valence-electron chi connectivity index (χ2n) is 3.59. The zero-order valence-electron chi connectivity index (χ0n) is 8.71. The first-order valence-electron chi connectivity index (χ1n) is 4.84. The molecule has 2 aromatic rings. The van der Waals surface area contributed by atoms with Crippen LogP contribution in [0.3, 0.4) is 0 Å². The molecule has 0 bridgehead atoms. The molecule has 0 spiro atoms. The predicted molar refractivity (Wildman–Crippen MR) is 55.8 cm³/mol. The van der Waals surface area contributed by atoms with Crippen molar-refractivity contribution in [2.75, 3.05) is 0 Å². The maximum absolute atomic E-state index is 13.7. The Balaban J connectivity index is 2.52. The van der Waals surface area contributed by atoms with Gasteiger partial charge in [-0.3, -0.25) is 0 Å². The third-order valence-electron chi connectivity index (χ3n) is 2.48. The summed E-state index contributed by atoms with van der Waals surface area (Å²) in [5.41, 5.74) is 5.96. The van der Waals surface area contributed by atoms with E-state index in [0.717, 1.165) is 0 Å². The van der Waals surface area contributed by atoms with E-state index in [9.17, 15) is 8.78 Å². The summed E-state index contributed by atoms with van der Waals surface area (Å²) < 4.78 is 32.3. The van der Waals surface area contributed by atoms with Crippen LogP contribution in [0.25, 0.3) is 0 Å². The molecule has 0 saturated heterocycles. The molecule has 1 unspecified atom stereocenters. The highest BCUT2D eigenvalue weighted by molar-refractivity contribution is 5.33. The molecule has 84 valence electrons. The molecule has 2 N–H and O–H groups in total. The first kappa shape index (κ1) is 10.8. The first-order valence-corrected chi connectivity index (χ1v) is 4.84. The van der Waals surface area contributed by atoms with Gasteiger partial charge < -0.3 is 10.2 Å². The van der Waals surface area contributed by atoms with E-state index < -0.39 is 17.7 Å². The summed E-state index contributed by atoms with van der Waals surface area (Å²) in [5.74, 6) is -0.945. The maximum Gasteiger partial charge on any atom is 0.134 e. The van der Waals surface area contributed by atoms with Crippen molar-refractivity contribution in [3.63, 3.8) is 0 Å². The van der Waals surface area contributed by atoms with Crippen molar-refractivity contribution in [3.05, 3.63) is 59.1 Å². The van der Waals surface area contributed by atoms with Crippen molar-refractivity contribution in [1.29, 1.82) is 0 Å². The molecule has 0 amide bonds. The third kappa shape index (κ3) is 1.72. The van der Waals surface area contributed by atoms with Gasteiger partial charge in [0, 0.05) is 5.56 Å². The Hall–Kier alpha value is -1.68. The fraction of sp³-hybridized carbons (Fsp3) is 0.167. The van der Waals surface area contributed by atoms with Crippen LogP contribution in [0, 0.1) is 18.6 Å². The highest BCUT2D eigenvalue weighted by Crippen LogP contribution is 2.26. The fourth-order valence-corrected chi connectivity index (χ4v) is 1.57. The van der Waals surface area contributed by atoms with Crippen LogP contribution >= 0.6 is 0 Å². The molecule has 4 heteroatoms. The molecule has 16 heavy (non-hydrogen) atoms. The third-order valence-corrected chi connectivity index (χ3v) is 2.48. The van der Waals surface area contributed by atoms with Crippen molar-refractivity contribution >= 4 is 0 Å². The lowest BCUT2D eigenvalue weighted by Gasteiger charge is -2.12. The van der Waals surface area contributed by atoms with Gasteiger partial charge in [-0.1, -0.05) is 6.07 Å². The Morgan fingerprint density at radius 3 is 2.62 bits per heavy atom. The van der Waals surface area contributed by atoms with Crippen molar-refractivity contribution in [2.24, 2.45) is 5.73 Å². The molecular formula is C12H11F2NO. The highest BCUT2D eigenvalue weighted by Gasteiger charge is 2.21. The van der Waals surface area contributed by atoms with Gasteiger partial charge in [-0.05, 0) is 30.7 Å². The number of hydrogen-bond donors (Lipinski definition) is 1. The van der Waals surface area contributed by atoms with E-state index in [1.165, 1.54) is 18.4 Å². The average Bonchev–Trinajstić information content (AvgIpc) is 2.77. The quantitative estimate of drug-likeness (QED) is 0.850. The van der Waals surface area contributed by atoms with Crippen LogP contribution in [0.15, 0.2) is 34.9 Å². The van der Waals surface area contributed by atoms with E-state index in [1.54, 1.807) is 19.1 Å². The van der Waals surface area contributed by atoms with Gasteiger partial charge in [-0.25, -0.2) is 8.78 Å². The number of nitrogens with two attached hydrogens (primary N) is 1. The van der Waals surface area contributed by atoms with E-state index in [4.69, 9.17) is 10.2 Å². The average molecular weight is 223 g/mol. The molecule has 0 aliphatic rings. The Morgan fingerprint density at radius 1 is 1.25 bits per heavy atom. The summed E-state index contributed by atoms with van der Waals surface area (Å²) in [5, 5.41) is 0. The van der Waals surface area contributed by atoms with E-state index in [1.807, 2.05) is 0 Å². The predicted octanol–water partition coefficient (Wildman–Crippen LogP) is 2.91. The summed E-state index contributed by atoms with van der Waals surface area (Å²) in [4.78, 5) is 0. The van der Waals surface area contributed by atoms with Gasteiger partial charge in [0.05, 0.1) is 12.3 Å². The van der Waals surface area contributed by atoms with E-state index in [-0.39, 0.29) is 5.56 Å². The normalized spacial score (nSPS) is 12.8. The zero-order chi connectivity index (χ0) is 11.7. The molecule has 1 heterocycles. The monoisotopic (exact) mass is 223 g/mol. The van der Waals surface area contributed by atoms with E-state index in [2.05, 4.69) is 0 Å². The molecule has 1 atom stereocenters. The smallest absolute Gasteiger partial charge is 0.134 e. The Kier molecular flexibility index (Phi) is 2.75. The van der Waals surface area contributed by atoms with E-state index >= 15 is 0 Å². The number of rotatable bonds is 2. The van der Waals surface area contributed by atoms with Crippen molar-refractivity contribution in [2.45, 2.75) is 13.0 Å². The van der Waals surface area contributed by atoms with Gasteiger partial charge in [0.15, 0.2) is 0 Å². The molecule has 1 aromatic carbocycles. The van der Waals surface area contributed by atoms with Gasteiger partial charge in [0.1, 0.15) is 17.4 Å². The van der Waals surface area contributed by atoms with Crippen molar-refractivity contribution in [1.82, 2.24) is 0 Å². The number of benzene rings is 1. The fourth-order valence-electron chi connectivity index (χ4n) is 1.57. The van der Waals surface area contributed by atoms with E-state index in [0.29, 0.717) is 11.3 Å². The summed E-state index contributed by atoms with van der Waals surface area (Å²) in [6.45, 7) is 1.56. The summed E-state index contributed by atoms with van der Waals surface area (Å²) in [6, 6.07) is 4.88. The molecule has 0 aliphatic carbocycles. The van der Waals surface area contributed by atoms with Crippen LogP contribution in [-0.4, -0.2) is 0 Å². The first-order chi connectivity index (χ1) is 7.61. The minimum absolute atomic E-state index is 0.157. The van der Waals surface area contributed by atoms with Crippen molar-refractivity contribution < 1.29 is 13.2 Å². The minimum atomic E-state index is -0.921. The van der Waals surface area contributed by atoms with Crippen LogP contribution in [0.4, 0.5) is 8.78 Å². The SMILES string of the molecule is Cc1ccc(F)c(C(N)c2ccco2)c1F. The van der Waals surface area contributed by atoms with Gasteiger partial charge >= 0.3 is 0 Å². The molecule has 0 saturated carbocycles. The number of furan rings is 1. The second-order valence-corrected chi connectivity index (χ2v) is 3.59. The second kappa shape index (κ2) is 4.06. The lowest BCUT2D eigenvalue weighted by atomic mass is 10.0. The molecule has 2 nitrogen and oxygen atoms in total. The minimum Gasteiger partial charge on any atom is -0.467 e. The molecule has 1 aromatic heterocycles. The van der Waals surface area contributed by atoms with Crippen LogP contribution in [0.2, 0.25) is 0 Å². The maximum atomic E-state index is 13.7. The van der Waals surface area contributed by atoms with Gasteiger partial charge in [0.25, 0.3) is 0 Å². The van der Waals surface area contributed by atoms with Crippen LogP contribution in [-0.2, 0) is 0 Å². The zero-order valence-corrected chi connectivity index (χ0v) is 8.71. The summed E-state index contributed by atoms with van der Waals surface area (Å²) >= 11 is 0. The van der Waals surface area contributed by atoms with Crippen LogP contribution in [0.1, 0.15) is 22.9 Å². The van der Waals surface area contributed by atoms with Crippen molar-refractivity contribution in [3.8, 4) is 0 Å². The molecule has 0 aliphatic heterocycles. The largest absolute Gasteiger partial charge is 0.467 e. The molecular weight excluding hydrogens is 212 g/mol. The Morgan fingerprint density at radius 2 is 2.00 bits per heavy atom. The number of hydrogen-bond acceptors (Lipinski definition) is 2. The number of aryl methyl sites for hydroxylation is 1. The summed E-state index contributed by atoms with van der Waals surface area (Å²) in [7, 11) is 0. The van der Waals surface area contributed by atoms with Gasteiger partial charge in [-0.2, -0.15) is 0 Å². The topological polar surface area (TPSA) is 39.2 Å². The van der Waals surface area contributed by atoms with Gasteiger partial charge in [0.2, 0.25) is 0 Å². The standard InChI is InChI=1S/C12H11F2NO/c1-7-4-5-8(13)10(11(7)14)12(15)9-3-2-6-16-9/h2-6,12H,15H2,1H3.